The summed E-state index contributed by atoms with van der Waals surface area (Å²) in [6.07, 6.45) is 2.88. The summed E-state index contributed by atoms with van der Waals surface area (Å²) in [5.74, 6) is 0.0933. The quantitative estimate of drug-likeness (QED) is 0.806. The molecule has 1 aromatic heterocycles. The lowest BCUT2D eigenvalue weighted by atomic mass is 10.1. The number of nitrogens with one attached hydrogen (secondary N) is 1. The van der Waals surface area contributed by atoms with Gasteiger partial charge in [0.1, 0.15) is 0 Å². The van der Waals surface area contributed by atoms with Crippen LogP contribution < -0.4 is 0 Å². The first-order valence-corrected chi connectivity index (χ1v) is 5.54. The zero-order chi connectivity index (χ0) is 11.4. The largest absolute Gasteiger partial charge is 0.357 e. The first kappa shape index (κ1) is 11.0. The van der Waals surface area contributed by atoms with E-state index in [0.29, 0.717) is 17.1 Å². The molecule has 0 atom stereocenters. The third kappa shape index (κ3) is 2.74. The van der Waals surface area contributed by atoms with Gasteiger partial charge in [-0.05, 0) is 18.1 Å². The Hall–Kier alpha value is -1.54. The highest BCUT2D eigenvalue weighted by molar-refractivity contribution is 6.31. The third-order valence-electron chi connectivity index (χ3n) is 2.43. The molecule has 0 aliphatic heterocycles. The molecule has 82 valence electrons. The topological polar surface area (TPSA) is 32.9 Å². The number of hydrogen-bond acceptors (Lipinski definition) is 1. The van der Waals surface area contributed by atoms with Gasteiger partial charge in [0, 0.05) is 12.6 Å². The molecule has 0 bridgehead atoms. The number of hydrogen-bond donors (Lipinski definition) is 1. The van der Waals surface area contributed by atoms with Crippen molar-refractivity contribution in [2.24, 2.45) is 0 Å². The fourth-order valence-corrected chi connectivity index (χ4v) is 1.73. The van der Waals surface area contributed by atoms with Crippen LogP contribution >= 0.6 is 11.6 Å². The Morgan fingerprint density at radius 1 is 1.25 bits per heavy atom. The Bertz CT molecular complexity index is 476. The van der Waals surface area contributed by atoms with E-state index in [9.17, 15) is 4.79 Å². The molecular weight excluding hydrogens is 222 g/mol. The van der Waals surface area contributed by atoms with E-state index in [0.717, 1.165) is 6.42 Å². The standard InChI is InChI=1S/C13H12ClNO/c14-11-8-12(15-9-11)13(16)7-6-10-4-2-1-3-5-10/h1-5,8-9,15H,6-7H2. The van der Waals surface area contributed by atoms with Gasteiger partial charge >= 0.3 is 0 Å². The van der Waals surface area contributed by atoms with Crippen LogP contribution in [0.3, 0.4) is 0 Å². The number of carbonyl (C=O) groups excluding carboxylic acids is 1. The van der Waals surface area contributed by atoms with Crippen LogP contribution in [0.15, 0.2) is 42.6 Å². The van der Waals surface area contributed by atoms with E-state index in [2.05, 4.69) is 4.98 Å². The van der Waals surface area contributed by atoms with Crippen molar-refractivity contribution in [3.8, 4) is 0 Å². The summed E-state index contributed by atoms with van der Waals surface area (Å²) < 4.78 is 0. The van der Waals surface area contributed by atoms with Gasteiger partial charge in [0.05, 0.1) is 10.7 Å². The molecule has 1 aromatic carbocycles. The third-order valence-corrected chi connectivity index (χ3v) is 2.65. The highest BCUT2D eigenvalue weighted by atomic mass is 35.5. The molecule has 2 nitrogen and oxygen atoms in total. The molecule has 0 fully saturated rings. The monoisotopic (exact) mass is 233 g/mol. The molecular formula is C13H12ClNO. The lowest BCUT2D eigenvalue weighted by molar-refractivity contribution is 0.0978. The number of aryl methyl sites for hydroxylation is 1. The maximum absolute atomic E-state index is 11.7. The van der Waals surface area contributed by atoms with Crippen molar-refractivity contribution in [2.45, 2.75) is 12.8 Å². The molecule has 0 saturated carbocycles. The van der Waals surface area contributed by atoms with Crippen molar-refractivity contribution in [3.63, 3.8) is 0 Å². The number of ketones is 1. The number of halogens is 1. The number of carbonyl (C=O) groups is 1. The molecule has 0 unspecified atom stereocenters. The molecule has 0 saturated heterocycles. The number of aromatic amines is 1. The summed E-state index contributed by atoms with van der Waals surface area (Å²) in [6.45, 7) is 0. The maximum atomic E-state index is 11.7. The van der Waals surface area contributed by atoms with E-state index in [1.807, 2.05) is 30.3 Å². The van der Waals surface area contributed by atoms with Gasteiger partial charge in [-0.2, -0.15) is 0 Å². The second-order valence-corrected chi connectivity index (χ2v) is 4.08. The molecule has 16 heavy (non-hydrogen) atoms. The number of H-pyrrole nitrogens is 1. The average molecular weight is 234 g/mol. The highest BCUT2D eigenvalue weighted by Gasteiger charge is 2.07. The highest BCUT2D eigenvalue weighted by Crippen LogP contribution is 2.12. The van der Waals surface area contributed by atoms with E-state index in [-0.39, 0.29) is 5.78 Å². The lowest BCUT2D eigenvalue weighted by Gasteiger charge is -1.99. The molecule has 1 heterocycles. The van der Waals surface area contributed by atoms with Crippen molar-refractivity contribution >= 4 is 17.4 Å². The van der Waals surface area contributed by atoms with Crippen LogP contribution in [0, 0.1) is 0 Å². The van der Waals surface area contributed by atoms with Gasteiger partial charge in [-0.1, -0.05) is 41.9 Å². The number of rotatable bonds is 4. The fraction of sp³-hybridized carbons (Fsp3) is 0.154. The second-order valence-electron chi connectivity index (χ2n) is 3.64. The Labute approximate surface area is 99.3 Å². The van der Waals surface area contributed by atoms with Crippen molar-refractivity contribution in [1.82, 2.24) is 4.98 Å². The molecule has 1 N–H and O–H groups in total. The molecule has 2 rings (SSSR count). The van der Waals surface area contributed by atoms with Crippen LogP contribution in [0.25, 0.3) is 0 Å². The van der Waals surface area contributed by atoms with E-state index >= 15 is 0 Å². The van der Waals surface area contributed by atoms with Crippen molar-refractivity contribution in [1.29, 1.82) is 0 Å². The lowest BCUT2D eigenvalue weighted by Crippen LogP contribution is -2.01. The second kappa shape index (κ2) is 4.99. The van der Waals surface area contributed by atoms with Crippen LogP contribution in [0.5, 0.6) is 0 Å². The summed E-state index contributed by atoms with van der Waals surface area (Å²) >= 11 is 5.74. The van der Waals surface area contributed by atoms with Crippen LogP contribution in [-0.2, 0) is 6.42 Å². The summed E-state index contributed by atoms with van der Waals surface area (Å²) in [4.78, 5) is 14.6. The summed E-state index contributed by atoms with van der Waals surface area (Å²) in [7, 11) is 0. The predicted molar refractivity (Wildman–Crippen MR) is 64.9 cm³/mol. The average Bonchev–Trinajstić information content (AvgIpc) is 2.74. The van der Waals surface area contributed by atoms with Gasteiger partial charge in [-0.3, -0.25) is 4.79 Å². The summed E-state index contributed by atoms with van der Waals surface area (Å²) in [5, 5.41) is 0.572. The Morgan fingerprint density at radius 2 is 2.00 bits per heavy atom. The van der Waals surface area contributed by atoms with Crippen LogP contribution in [0.1, 0.15) is 22.5 Å². The Kier molecular flexibility index (Phi) is 3.42. The van der Waals surface area contributed by atoms with E-state index in [1.165, 1.54) is 5.56 Å². The zero-order valence-corrected chi connectivity index (χ0v) is 9.50. The fourth-order valence-electron chi connectivity index (χ4n) is 1.57. The zero-order valence-electron chi connectivity index (χ0n) is 8.74. The van der Waals surface area contributed by atoms with Crippen molar-refractivity contribution in [3.05, 3.63) is 58.9 Å². The maximum Gasteiger partial charge on any atom is 0.179 e. The van der Waals surface area contributed by atoms with E-state index in [1.54, 1.807) is 12.3 Å². The van der Waals surface area contributed by atoms with Crippen LogP contribution in [0.4, 0.5) is 0 Å². The van der Waals surface area contributed by atoms with Gasteiger partial charge in [0.15, 0.2) is 5.78 Å². The molecule has 0 radical (unpaired) electrons. The number of Topliss-reactive ketones (excluding diaryl/α,β-unsaturated/α-hetero) is 1. The molecule has 0 aliphatic carbocycles. The van der Waals surface area contributed by atoms with Gasteiger partial charge in [0.2, 0.25) is 0 Å². The van der Waals surface area contributed by atoms with Crippen LogP contribution in [0.2, 0.25) is 5.02 Å². The van der Waals surface area contributed by atoms with Gasteiger partial charge in [-0.25, -0.2) is 0 Å². The van der Waals surface area contributed by atoms with Crippen molar-refractivity contribution in [2.75, 3.05) is 0 Å². The van der Waals surface area contributed by atoms with Crippen LogP contribution in [-0.4, -0.2) is 10.8 Å². The van der Waals surface area contributed by atoms with Crippen molar-refractivity contribution < 1.29 is 4.79 Å². The van der Waals surface area contributed by atoms with Gasteiger partial charge in [0.25, 0.3) is 0 Å². The molecule has 3 heteroatoms. The molecule has 0 amide bonds. The number of benzene rings is 1. The minimum atomic E-state index is 0.0933. The SMILES string of the molecule is O=C(CCc1ccccc1)c1cc(Cl)c[nH]1. The molecule has 0 spiro atoms. The molecule has 0 aliphatic rings. The Balaban J connectivity index is 1.94. The minimum Gasteiger partial charge on any atom is -0.357 e. The first-order valence-electron chi connectivity index (χ1n) is 5.17. The van der Waals surface area contributed by atoms with Gasteiger partial charge < -0.3 is 4.98 Å². The smallest absolute Gasteiger partial charge is 0.179 e. The summed E-state index contributed by atoms with van der Waals surface area (Å²) in [6, 6.07) is 11.6. The van der Waals surface area contributed by atoms with Gasteiger partial charge in [-0.15, -0.1) is 0 Å². The summed E-state index contributed by atoms with van der Waals surface area (Å²) in [5.41, 5.74) is 1.76. The Morgan fingerprint density at radius 3 is 2.62 bits per heavy atom. The van der Waals surface area contributed by atoms with E-state index in [4.69, 9.17) is 11.6 Å². The predicted octanol–water partition coefficient (Wildman–Crippen LogP) is 3.48. The minimum absolute atomic E-state index is 0.0933. The normalized spacial score (nSPS) is 10.3. The number of aromatic nitrogens is 1. The molecule has 2 aromatic rings. The first-order chi connectivity index (χ1) is 7.75. The van der Waals surface area contributed by atoms with E-state index < -0.39 is 0 Å².